The number of aldehydes is 1. The van der Waals surface area contributed by atoms with E-state index in [1.165, 1.54) is 97.2 Å². The Morgan fingerprint density at radius 3 is 2.05 bits per heavy atom. The molecular formula is C50H68F3N9O3. The van der Waals surface area contributed by atoms with Crippen molar-refractivity contribution in [3.8, 4) is 0 Å². The van der Waals surface area contributed by atoms with Crippen molar-refractivity contribution in [2.75, 3.05) is 94.6 Å². The van der Waals surface area contributed by atoms with E-state index in [0.29, 0.717) is 24.2 Å². The normalized spacial score (nSPS) is 18.2. The van der Waals surface area contributed by atoms with Gasteiger partial charge < -0.3 is 30.1 Å². The fourth-order valence-corrected chi connectivity index (χ4v) is 9.15. The summed E-state index contributed by atoms with van der Waals surface area (Å²) in [6.45, 7) is 17.0. The number of rotatable bonds is 18. The minimum atomic E-state index is -4.39. The number of alkyl halides is 3. The zero-order chi connectivity index (χ0) is 46.3. The second-order valence-electron chi connectivity index (χ2n) is 17.9. The van der Waals surface area contributed by atoms with Crippen LogP contribution >= 0.6 is 0 Å². The molecule has 2 atom stereocenters. The first-order valence-corrected chi connectivity index (χ1v) is 23.5. The Kier molecular flexibility index (Phi) is 18.1. The van der Waals surface area contributed by atoms with Gasteiger partial charge in [0.1, 0.15) is 6.29 Å². The molecule has 2 unspecified atom stereocenters. The van der Waals surface area contributed by atoms with Crippen molar-refractivity contribution in [2.24, 2.45) is 0 Å². The monoisotopic (exact) mass is 900 g/mol. The average molecular weight is 900 g/mol. The minimum Gasteiger partial charge on any atom is -0.378 e. The summed E-state index contributed by atoms with van der Waals surface area (Å²) < 4.78 is 40.7. The zero-order valence-electron chi connectivity index (χ0n) is 38.7. The molecule has 0 saturated carbocycles. The van der Waals surface area contributed by atoms with E-state index in [4.69, 9.17) is 0 Å². The van der Waals surface area contributed by atoms with E-state index < -0.39 is 11.7 Å². The Bertz CT molecular complexity index is 2170. The second-order valence-corrected chi connectivity index (χ2v) is 17.9. The molecule has 7 rings (SSSR count). The molecule has 3 aliphatic rings. The van der Waals surface area contributed by atoms with Crippen LogP contribution in [0.5, 0.6) is 0 Å². The van der Waals surface area contributed by atoms with Crippen molar-refractivity contribution in [2.45, 2.75) is 96.7 Å². The van der Waals surface area contributed by atoms with Gasteiger partial charge in [0.2, 0.25) is 11.8 Å². The molecule has 4 aromatic rings. The van der Waals surface area contributed by atoms with Gasteiger partial charge in [0.25, 0.3) is 0 Å². The fourth-order valence-electron chi connectivity index (χ4n) is 9.15. The van der Waals surface area contributed by atoms with Gasteiger partial charge in [0.05, 0.1) is 29.8 Å². The number of benzene rings is 3. The SMILES string of the molecule is Cc1c(C(C)Nc2nnc(C)c3ccc(N4CCN(CCCCCCCCCN5CCN(C)CC5)CC4)cc23)cccc1C(F)(F)F.O=CCNc1ccc(C2CCC(=O)NC2=O)cc1. The van der Waals surface area contributed by atoms with E-state index >= 15 is 0 Å². The van der Waals surface area contributed by atoms with E-state index in [0.717, 1.165) is 71.9 Å². The molecule has 3 aliphatic heterocycles. The number of aryl methyl sites for hydroxylation is 1. The number of unbranched alkanes of at least 4 members (excludes halogenated alkanes) is 6. The molecule has 0 aliphatic carbocycles. The number of anilines is 3. The molecule has 3 aromatic carbocycles. The smallest absolute Gasteiger partial charge is 0.378 e. The van der Waals surface area contributed by atoms with E-state index in [-0.39, 0.29) is 35.9 Å². The van der Waals surface area contributed by atoms with Gasteiger partial charge in [-0.05, 0) is 107 Å². The van der Waals surface area contributed by atoms with E-state index in [1.54, 1.807) is 6.07 Å². The Morgan fingerprint density at radius 2 is 1.43 bits per heavy atom. The highest BCUT2D eigenvalue weighted by atomic mass is 19.4. The number of piperidine rings is 1. The van der Waals surface area contributed by atoms with Crippen LogP contribution in [-0.2, 0) is 20.6 Å². The van der Waals surface area contributed by atoms with Gasteiger partial charge in [0, 0.05) is 80.9 Å². The molecule has 3 saturated heterocycles. The first-order valence-electron chi connectivity index (χ1n) is 23.5. The predicted molar refractivity (Wildman–Crippen MR) is 254 cm³/mol. The molecule has 0 radical (unpaired) electrons. The number of amides is 2. The third-order valence-electron chi connectivity index (χ3n) is 13.2. The highest BCUT2D eigenvalue weighted by molar-refractivity contribution is 6.01. The minimum absolute atomic E-state index is 0.208. The molecule has 0 spiro atoms. The average Bonchev–Trinajstić information content (AvgIpc) is 3.29. The standard InChI is InChI=1S/C37H54F3N7.C13H14N2O3/c1-28-32(13-12-14-35(28)37(38,39)40)29(2)41-36-34-27-31(15-16-33(34)30(3)42-43-36)47-25-23-46(24-26-47)18-11-9-7-5-6-8-10-17-45-21-19-44(4)20-22-45;16-8-7-14-10-3-1-9(2-4-10)11-5-6-12(17)15-13(11)18/h12-16,27,29H,5-11,17-26H2,1-4H3,(H,41,43);1-4,8,11,14H,5-7H2,(H,15,17,18). The molecule has 4 heterocycles. The van der Waals surface area contributed by atoms with Crippen LogP contribution in [0, 0.1) is 13.8 Å². The number of hydrogen-bond donors (Lipinski definition) is 3. The lowest BCUT2D eigenvalue weighted by Crippen LogP contribution is -2.46. The number of aromatic nitrogens is 2. The third-order valence-corrected chi connectivity index (χ3v) is 13.2. The summed E-state index contributed by atoms with van der Waals surface area (Å²) in [7, 11) is 2.22. The maximum atomic E-state index is 13.6. The molecule has 65 heavy (non-hydrogen) atoms. The molecule has 1 aromatic heterocycles. The summed E-state index contributed by atoms with van der Waals surface area (Å²) in [5.41, 5.74) is 3.91. The number of carbonyl (C=O) groups excluding carboxylic acids is 3. The maximum absolute atomic E-state index is 13.6. The molecule has 2 amide bonds. The van der Waals surface area contributed by atoms with Crippen LogP contribution in [0.3, 0.4) is 0 Å². The van der Waals surface area contributed by atoms with Crippen molar-refractivity contribution in [1.82, 2.24) is 30.2 Å². The van der Waals surface area contributed by atoms with E-state index in [2.05, 4.69) is 71.0 Å². The lowest BCUT2D eigenvalue weighted by molar-refractivity contribution is -0.138. The van der Waals surface area contributed by atoms with Crippen LogP contribution in [0.1, 0.15) is 105 Å². The largest absolute Gasteiger partial charge is 0.416 e. The number of halogens is 3. The summed E-state index contributed by atoms with van der Waals surface area (Å²) in [6, 6.07) is 17.7. The fraction of sp³-hybridized carbons (Fsp3) is 0.540. The maximum Gasteiger partial charge on any atom is 0.416 e. The third kappa shape index (κ3) is 14.2. The molecule has 12 nitrogen and oxygen atoms in total. The zero-order valence-corrected chi connectivity index (χ0v) is 38.7. The number of fused-ring (bicyclic) bond motifs is 1. The summed E-state index contributed by atoms with van der Waals surface area (Å²) in [4.78, 5) is 43.0. The number of hydrogen-bond acceptors (Lipinski definition) is 11. The summed E-state index contributed by atoms with van der Waals surface area (Å²) in [5, 5.41) is 19.4. The van der Waals surface area contributed by atoms with Crippen LogP contribution in [-0.4, -0.2) is 122 Å². The summed E-state index contributed by atoms with van der Waals surface area (Å²) in [6.07, 6.45) is 6.68. The predicted octanol–water partition coefficient (Wildman–Crippen LogP) is 8.36. The Morgan fingerprint density at radius 1 is 0.800 bits per heavy atom. The molecule has 352 valence electrons. The van der Waals surface area contributed by atoms with Crippen molar-refractivity contribution < 1.29 is 27.6 Å². The second kappa shape index (κ2) is 23.9. The Balaban J connectivity index is 0.000000324. The topological polar surface area (TPSA) is 126 Å². The summed E-state index contributed by atoms with van der Waals surface area (Å²) >= 11 is 0. The quantitative estimate of drug-likeness (QED) is 0.0507. The van der Waals surface area contributed by atoms with E-state index in [1.807, 2.05) is 38.1 Å². The summed E-state index contributed by atoms with van der Waals surface area (Å²) in [5.74, 6) is -0.117. The van der Waals surface area contributed by atoms with Gasteiger partial charge in [-0.1, -0.05) is 62.4 Å². The van der Waals surface area contributed by atoms with Gasteiger partial charge in [-0.2, -0.15) is 18.3 Å². The van der Waals surface area contributed by atoms with Gasteiger partial charge >= 0.3 is 6.18 Å². The number of carbonyl (C=O) groups is 3. The number of piperazine rings is 2. The lowest BCUT2D eigenvalue weighted by atomic mass is 9.90. The van der Waals surface area contributed by atoms with Crippen LogP contribution < -0.4 is 20.9 Å². The first-order chi connectivity index (χ1) is 31.3. The van der Waals surface area contributed by atoms with Gasteiger partial charge in [-0.3, -0.25) is 19.8 Å². The van der Waals surface area contributed by atoms with Crippen LogP contribution in [0.4, 0.5) is 30.4 Å². The van der Waals surface area contributed by atoms with Crippen LogP contribution in [0.2, 0.25) is 0 Å². The van der Waals surface area contributed by atoms with Gasteiger partial charge in [-0.15, -0.1) is 5.10 Å². The van der Waals surface area contributed by atoms with Crippen molar-refractivity contribution in [3.63, 3.8) is 0 Å². The Labute approximate surface area is 382 Å². The van der Waals surface area contributed by atoms with Crippen molar-refractivity contribution in [1.29, 1.82) is 0 Å². The molecule has 3 fully saturated rings. The van der Waals surface area contributed by atoms with E-state index in [9.17, 15) is 27.6 Å². The van der Waals surface area contributed by atoms with Crippen molar-refractivity contribution >= 4 is 46.1 Å². The highest BCUT2D eigenvalue weighted by Crippen LogP contribution is 2.36. The number of nitrogens with one attached hydrogen (secondary N) is 3. The number of likely N-dealkylation sites (N-methyl/N-ethyl adjacent to an activating group) is 1. The highest BCUT2D eigenvalue weighted by Gasteiger charge is 2.33. The van der Waals surface area contributed by atoms with Gasteiger partial charge in [-0.25, -0.2) is 0 Å². The molecule has 0 bridgehead atoms. The van der Waals surface area contributed by atoms with Crippen LogP contribution in [0.25, 0.3) is 10.8 Å². The van der Waals surface area contributed by atoms with Gasteiger partial charge in [0.15, 0.2) is 5.82 Å². The first kappa shape index (κ1) is 49.3. The number of imide groups is 1. The molecule has 15 heteroatoms. The lowest BCUT2D eigenvalue weighted by Gasteiger charge is -2.36. The van der Waals surface area contributed by atoms with Crippen LogP contribution in [0.15, 0.2) is 60.7 Å². The Hall–Kier alpha value is -5.12. The number of nitrogens with zero attached hydrogens (tertiary/aromatic N) is 6. The molecular weight excluding hydrogens is 832 g/mol. The molecule has 3 N–H and O–H groups in total. The van der Waals surface area contributed by atoms with Crippen molar-refractivity contribution in [3.05, 3.63) is 88.6 Å².